The molecule has 110 valence electrons. The molecule has 3 heteroatoms. The fraction of sp³-hybridized carbons (Fsp3) is 0.647. The van der Waals surface area contributed by atoms with Gasteiger partial charge in [0.2, 0.25) is 0 Å². The van der Waals surface area contributed by atoms with E-state index in [2.05, 4.69) is 26.8 Å². The predicted molar refractivity (Wildman–Crippen MR) is 78.3 cm³/mol. The summed E-state index contributed by atoms with van der Waals surface area (Å²) >= 11 is 0. The second-order valence-electron chi connectivity index (χ2n) is 6.36. The van der Waals surface area contributed by atoms with Crippen molar-refractivity contribution in [3.8, 4) is 11.5 Å². The van der Waals surface area contributed by atoms with Gasteiger partial charge < -0.3 is 14.2 Å². The van der Waals surface area contributed by atoms with Crippen LogP contribution in [0.3, 0.4) is 0 Å². The maximum atomic E-state index is 6.30. The van der Waals surface area contributed by atoms with Crippen molar-refractivity contribution in [2.24, 2.45) is 5.92 Å². The lowest BCUT2D eigenvalue weighted by Gasteiger charge is -2.48. The molecule has 0 bridgehead atoms. The molecule has 0 radical (unpaired) electrons. The molecule has 2 heterocycles. The van der Waals surface area contributed by atoms with E-state index in [0.717, 1.165) is 29.9 Å². The fourth-order valence-electron chi connectivity index (χ4n) is 3.45. The maximum absolute atomic E-state index is 6.30. The van der Waals surface area contributed by atoms with Gasteiger partial charge in [0, 0.05) is 11.5 Å². The van der Waals surface area contributed by atoms with Crippen LogP contribution in [-0.4, -0.2) is 18.3 Å². The molecule has 1 aromatic carbocycles. The van der Waals surface area contributed by atoms with E-state index in [-0.39, 0.29) is 11.7 Å². The molecule has 0 aliphatic carbocycles. The molecule has 3 atom stereocenters. The first kappa shape index (κ1) is 13.7. The molecule has 2 aliphatic heterocycles. The van der Waals surface area contributed by atoms with E-state index in [9.17, 15) is 0 Å². The lowest BCUT2D eigenvalue weighted by molar-refractivity contribution is -0.145. The third-order valence-electron chi connectivity index (χ3n) is 4.50. The molecule has 3 nitrogen and oxygen atoms in total. The Morgan fingerprint density at radius 1 is 1.30 bits per heavy atom. The number of para-hydroxylation sites is 1. The van der Waals surface area contributed by atoms with Gasteiger partial charge in [0.15, 0.2) is 11.5 Å². The SMILES string of the molecule is CCOc1cccc2c1OC(C)(C)[C@@H]1CC[C@@H](C)O[C@@H]21. The normalized spacial score (nSPS) is 30.9. The van der Waals surface area contributed by atoms with Crippen LogP contribution in [-0.2, 0) is 4.74 Å². The van der Waals surface area contributed by atoms with Crippen LogP contribution >= 0.6 is 0 Å². The van der Waals surface area contributed by atoms with E-state index >= 15 is 0 Å². The van der Waals surface area contributed by atoms with Gasteiger partial charge in [-0.25, -0.2) is 0 Å². The predicted octanol–water partition coefficient (Wildman–Crippen LogP) is 4.11. The van der Waals surface area contributed by atoms with Gasteiger partial charge in [-0.05, 0) is 46.6 Å². The van der Waals surface area contributed by atoms with Crippen molar-refractivity contribution >= 4 is 0 Å². The van der Waals surface area contributed by atoms with Crippen molar-refractivity contribution in [1.82, 2.24) is 0 Å². The molecule has 3 rings (SSSR count). The zero-order valence-electron chi connectivity index (χ0n) is 12.8. The lowest BCUT2D eigenvalue weighted by Crippen LogP contribution is -2.48. The molecule has 0 saturated carbocycles. The lowest BCUT2D eigenvalue weighted by atomic mass is 9.75. The summed E-state index contributed by atoms with van der Waals surface area (Å²) < 4.78 is 18.3. The Bertz CT molecular complexity index is 495. The Balaban J connectivity index is 2.06. The second kappa shape index (κ2) is 4.96. The van der Waals surface area contributed by atoms with Crippen molar-refractivity contribution in [3.05, 3.63) is 23.8 Å². The summed E-state index contributed by atoms with van der Waals surface area (Å²) in [6.07, 6.45) is 2.69. The van der Waals surface area contributed by atoms with E-state index in [1.54, 1.807) is 0 Å². The second-order valence-corrected chi connectivity index (χ2v) is 6.36. The van der Waals surface area contributed by atoms with Gasteiger partial charge in [0.05, 0.1) is 18.8 Å². The average Bonchev–Trinajstić information content (AvgIpc) is 2.39. The maximum Gasteiger partial charge on any atom is 0.167 e. The fourth-order valence-corrected chi connectivity index (χ4v) is 3.45. The Kier molecular flexibility index (Phi) is 3.41. The molecule has 1 saturated heterocycles. The first-order chi connectivity index (χ1) is 9.53. The highest BCUT2D eigenvalue weighted by molar-refractivity contribution is 5.50. The molecule has 2 aliphatic rings. The first-order valence-corrected chi connectivity index (χ1v) is 7.63. The number of benzene rings is 1. The summed E-state index contributed by atoms with van der Waals surface area (Å²) in [6, 6.07) is 6.12. The monoisotopic (exact) mass is 276 g/mol. The van der Waals surface area contributed by atoms with Gasteiger partial charge in [0.25, 0.3) is 0 Å². The Morgan fingerprint density at radius 3 is 2.85 bits per heavy atom. The molecule has 1 fully saturated rings. The van der Waals surface area contributed by atoms with Gasteiger partial charge in [-0.15, -0.1) is 0 Å². The van der Waals surface area contributed by atoms with Gasteiger partial charge in [0.1, 0.15) is 5.60 Å². The van der Waals surface area contributed by atoms with Crippen LogP contribution in [0.1, 0.15) is 52.2 Å². The van der Waals surface area contributed by atoms with Crippen LogP contribution < -0.4 is 9.47 Å². The van der Waals surface area contributed by atoms with Crippen molar-refractivity contribution in [2.75, 3.05) is 6.61 Å². The number of ether oxygens (including phenoxy) is 3. The largest absolute Gasteiger partial charge is 0.490 e. The summed E-state index contributed by atoms with van der Waals surface area (Å²) in [4.78, 5) is 0. The Hall–Kier alpha value is -1.22. The molecule has 20 heavy (non-hydrogen) atoms. The summed E-state index contributed by atoms with van der Waals surface area (Å²) in [5.41, 5.74) is 0.928. The topological polar surface area (TPSA) is 27.7 Å². The van der Waals surface area contributed by atoms with E-state index in [1.807, 2.05) is 19.1 Å². The molecule has 0 spiro atoms. The summed E-state index contributed by atoms with van der Waals surface area (Å²) in [5.74, 6) is 2.11. The van der Waals surface area contributed by atoms with E-state index < -0.39 is 0 Å². The summed E-state index contributed by atoms with van der Waals surface area (Å²) in [7, 11) is 0. The van der Waals surface area contributed by atoms with Crippen LogP contribution in [0, 0.1) is 5.92 Å². The van der Waals surface area contributed by atoms with Gasteiger partial charge in [-0.3, -0.25) is 0 Å². The van der Waals surface area contributed by atoms with Gasteiger partial charge in [-0.1, -0.05) is 12.1 Å². The third-order valence-corrected chi connectivity index (χ3v) is 4.50. The highest BCUT2D eigenvalue weighted by Gasteiger charge is 2.47. The highest BCUT2D eigenvalue weighted by atomic mass is 16.5. The zero-order valence-corrected chi connectivity index (χ0v) is 12.8. The quantitative estimate of drug-likeness (QED) is 0.813. The minimum absolute atomic E-state index is 0.123. The average molecular weight is 276 g/mol. The van der Waals surface area contributed by atoms with Crippen LogP contribution in [0.2, 0.25) is 0 Å². The number of hydrogen-bond acceptors (Lipinski definition) is 3. The van der Waals surface area contributed by atoms with E-state index in [0.29, 0.717) is 18.6 Å². The number of hydrogen-bond donors (Lipinski definition) is 0. The van der Waals surface area contributed by atoms with Crippen LogP contribution in [0.25, 0.3) is 0 Å². The van der Waals surface area contributed by atoms with E-state index in [1.165, 1.54) is 0 Å². The third kappa shape index (κ3) is 2.18. The van der Waals surface area contributed by atoms with Crippen LogP contribution in [0.5, 0.6) is 11.5 Å². The first-order valence-electron chi connectivity index (χ1n) is 7.63. The van der Waals surface area contributed by atoms with Crippen LogP contribution in [0.4, 0.5) is 0 Å². The molecule has 0 N–H and O–H groups in total. The minimum atomic E-state index is -0.217. The van der Waals surface area contributed by atoms with Crippen molar-refractivity contribution in [2.45, 2.75) is 58.3 Å². The molecule has 1 aromatic rings. The minimum Gasteiger partial charge on any atom is -0.490 e. The van der Waals surface area contributed by atoms with E-state index in [4.69, 9.17) is 14.2 Å². The number of fused-ring (bicyclic) bond motifs is 3. The molecular weight excluding hydrogens is 252 g/mol. The van der Waals surface area contributed by atoms with Crippen LogP contribution in [0.15, 0.2) is 18.2 Å². The van der Waals surface area contributed by atoms with Crippen molar-refractivity contribution in [1.29, 1.82) is 0 Å². The smallest absolute Gasteiger partial charge is 0.167 e. The highest BCUT2D eigenvalue weighted by Crippen LogP contribution is 2.53. The Labute approximate surface area is 121 Å². The Morgan fingerprint density at radius 2 is 2.10 bits per heavy atom. The standard InChI is InChI=1S/C17H24O3/c1-5-18-14-8-6-7-12-15-13(10-9-11(2)19-15)17(3,4)20-16(12)14/h6-8,11,13,15H,5,9-10H2,1-4H3/t11-,13-,15+/m1/s1. The molecular formula is C17H24O3. The van der Waals surface area contributed by atoms with Crippen molar-refractivity contribution < 1.29 is 14.2 Å². The van der Waals surface area contributed by atoms with Gasteiger partial charge in [-0.2, -0.15) is 0 Å². The summed E-state index contributed by atoms with van der Waals surface area (Å²) in [6.45, 7) is 9.12. The summed E-state index contributed by atoms with van der Waals surface area (Å²) in [5, 5.41) is 0. The van der Waals surface area contributed by atoms with Gasteiger partial charge >= 0.3 is 0 Å². The van der Waals surface area contributed by atoms with Crippen molar-refractivity contribution in [3.63, 3.8) is 0 Å². The molecule has 0 amide bonds. The molecule has 0 unspecified atom stereocenters. The molecule has 0 aromatic heterocycles. The zero-order chi connectivity index (χ0) is 14.3. The number of rotatable bonds is 2.